The maximum atomic E-state index is 12.7. The molecule has 0 aliphatic heterocycles. The third kappa shape index (κ3) is 2.18. The molecule has 6 heteroatoms. The van der Waals surface area contributed by atoms with Gasteiger partial charge in [0.25, 0.3) is 0 Å². The van der Waals surface area contributed by atoms with Crippen molar-refractivity contribution in [2.75, 3.05) is 5.73 Å². The van der Waals surface area contributed by atoms with Crippen molar-refractivity contribution < 1.29 is 13.2 Å². The third-order valence-corrected chi connectivity index (χ3v) is 3.18. The Labute approximate surface area is 109 Å². The van der Waals surface area contributed by atoms with E-state index in [1.807, 2.05) is 0 Å². The van der Waals surface area contributed by atoms with E-state index in [0.717, 1.165) is 3.57 Å². The normalized spacial score (nSPS) is 12.1. The van der Waals surface area contributed by atoms with Gasteiger partial charge in [-0.05, 0) is 47.7 Å². The number of aromatic nitrogens is 1. The molecule has 2 nitrogen and oxygen atoms in total. The van der Waals surface area contributed by atoms with E-state index in [0.29, 0.717) is 5.39 Å². The van der Waals surface area contributed by atoms with Crippen molar-refractivity contribution in [3.63, 3.8) is 0 Å². The Hall–Kier alpha value is -1.05. The molecule has 0 amide bonds. The van der Waals surface area contributed by atoms with Gasteiger partial charge in [-0.3, -0.25) is 0 Å². The Morgan fingerprint density at radius 1 is 1.29 bits per heavy atom. The summed E-state index contributed by atoms with van der Waals surface area (Å²) in [6.45, 7) is 1.34. The minimum absolute atomic E-state index is 0.0213. The van der Waals surface area contributed by atoms with Crippen molar-refractivity contribution in [2.45, 2.75) is 13.1 Å². The van der Waals surface area contributed by atoms with Crippen LogP contribution < -0.4 is 5.73 Å². The van der Waals surface area contributed by atoms with Gasteiger partial charge >= 0.3 is 6.18 Å². The lowest BCUT2D eigenvalue weighted by Crippen LogP contribution is -2.12. The first kappa shape index (κ1) is 12.4. The van der Waals surface area contributed by atoms with E-state index in [1.54, 1.807) is 18.2 Å². The number of halogens is 4. The van der Waals surface area contributed by atoms with Gasteiger partial charge in [0.2, 0.25) is 0 Å². The van der Waals surface area contributed by atoms with Crippen LogP contribution in [-0.2, 0) is 6.18 Å². The molecule has 1 aromatic carbocycles. The number of hydrogen-bond acceptors (Lipinski definition) is 2. The van der Waals surface area contributed by atoms with Gasteiger partial charge in [-0.25, -0.2) is 4.98 Å². The van der Waals surface area contributed by atoms with Crippen LogP contribution in [0.15, 0.2) is 18.2 Å². The number of hydrogen-bond donors (Lipinski definition) is 1. The zero-order valence-electron chi connectivity index (χ0n) is 8.77. The van der Waals surface area contributed by atoms with Crippen LogP contribution in [0.2, 0.25) is 0 Å². The Balaban J connectivity index is 2.85. The van der Waals surface area contributed by atoms with E-state index in [4.69, 9.17) is 5.73 Å². The van der Waals surface area contributed by atoms with Crippen molar-refractivity contribution in [3.05, 3.63) is 33.0 Å². The topological polar surface area (TPSA) is 38.9 Å². The van der Waals surface area contributed by atoms with E-state index in [-0.39, 0.29) is 16.8 Å². The molecule has 1 aromatic heterocycles. The summed E-state index contributed by atoms with van der Waals surface area (Å²) in [6.07, 6.45) is -4.48. The number of fused-ring (bicyclic) bond motifs is 1. The average Bonchev–Trinajstić information content (AvgIpc) is 2.22. The van der Waals surface area contributed by atoms with E-state index < -0.39 is 11.9 Å². The molecule has 0 spiro atoms. The standard InChI is InChI=1S/C11H8F3IN2/c1-5-9(16)7-4-6(15)2-3-8(7)17-10(5)11(12,13)14/h2-4H,1H3,(H2,16,17). The molecule has 1 heterocycles. The molecule has 2 rings (SSSR count). The highest BCUT2D eigenvalue weighted by molar-refractivity contribution is 14.1. The molecule has 2 aromatic rings. The van der Waals surface area contributed by atoms with E-state index >= 15 is 0 Å². The van der Waals surface area contributed by atoms with Gasteiger partial charge in [-0.15, -0.1) is 0 Å². The fraction of sp³-hybridized carbons (Fsp3) is 0.182. The smallest absolute Gasteiger partial charge is 0.398 e. The maximum Gasteiger partial charge on any atom is 0.433 e. The highest BCUT2D eigenvalue weighted by Crippen LogP contribution is 2.35. The Bertz CT molecular complexity index is 593. The molecule has 90 valence electrons. The first-order valence-corrected chi connectivity index (χ1v) is 5.81. The highest BCUT2D eigenvalue weighted by atomic mass is 127. The second kappa shape index (κ2) is 4.01. The summed E-state index contributed by atoms with van der Waals surface area (Å²) in [6, 6.07) is 4.97. The molecule has 0 unspecified atom stereocenters. The lowest BCUT2D eigenvalue weighted by molar-refractivity contribution is -0.141. The molecular weight excluding hydrogens is 344 g/mol. The number of alkyl halides is 3. The highest BCUT2D eigenvalue weighted by Gasteiger charge is 2.35. The summed E-state index contributed by atoms with van der Waals surface area (Å²) >= 11 is 2.08. The van der Waals surface area contributed by atoms with E-state index in [9.17, 15) is 13.2 Å². The lowest BCUT2D eigenvalue weighted by atomic mass is 10.1. The van der Waals surface area contributed by atoms with Crippen molar-refractivity contribution in [1.29, 1.82) is 0 Å². The molecule has 0 atom stereocenters. The zero-order chi connectivity index (χ0) is 12.8. The maximum absolute atomic E-state index is 12.7. The van der Waals surface area contributed by atoms with Crippen LogP contribution in [0.4, 0.5) is 18.9 Å². The van der Waals surface area contributed by atoms with Gasteiger partial charge in [0.1, 0.15) is 5.69 Å². The van der Waals surface area contributed by atoms with E-state index in [1.165, 1.54) is 6.92 Å². The van der Waals surface area contributed by atoms with Crippen LogP contribution in [0.5, 0.6) is 0 Å². The number of rotatable bonds is 0. The van der Waals surface area contributed by atoms with Gasteiger partial charge in [0, 0.05) is 20.2 Å². The Kier molecular flexibility index (Phi) is 2.92. The molecule has 0 saturated heterocycles. The first-order chi connectivity index (χ1) is 7.80. The summed E-state index contributed by atoms with van der Waals surface area (Å²) in [4.78, 5) is 3.64. The fourth-order valence-electron chi connectivity index (χ4n) is 1.63. The number of pyridine rings is 1. The lowest BCUT2D eigenvalue weighted by Gasteiger charge is -2.13. The Morgan fingerprint density at radius 3 is 2.53 bits per heavy atom. The van der Waals surface area contributed by atoms with Crippen LogP contribution in [0.3, 0.4) is 0 Å². The summed E-state index contributed by atoms with van der Waals surface area (Å²) in [5, 5.41) is 0.558. The van der Waals surface area contributed by atoms with Gasteiger partial charge in [-0.2, -0.15) is 13.2 Å². The number of nitrogen functional groups attached to an aromatic ring is 1. The zero-order valence-corrected chi connectivity index (χ0v) is 10.9. The van der Waals surface area contributed by atoms with Crippen molar-refractivity contribution in [3.8, 4) is 0 Å². The van der Waals surface area contributed by atoms with Crippen LogP contribution in [0.25, 0.3) is 10.9 Å². The van der Waals surface area contributed by atoms with Gasteiger partial charge in [0.15, 0.2) is 0 Å². The molecule has 0 aliphatic rings. The summed E-state index contributed by atoms with van der Waals surface area (Å²) in [5.74, 6) is 0. The minimum Gasteiger partial charge on any atom is -0.398 e. The second-order valence-electron chi connectivity index (χ2n) is 3.66. The van der Waals surface area contributed by atoms with Crippen molar-refractivity contribution in [2.24, 2.45) is 0 Å². The van der Waals surface area contributed by atoms with Gasteiger partial charge in [-0.1, -0.05) is 0 Å². The summed E-state index contributed by atoms with van der Waals surface area (Å²) < 4.78 is 39.1. The first-order valence-electron chi connectivity index (χ1n) is 4.73. The minimum atomic E-state index is -4.48. The van der Waals surface area contributed by atoms with Crippen molar-refractivity contribution in [1.82, 2.24) is 4.98 Å². The predicted molar refractivity (Wildman–Crippen MR) is 68.6 cm³/mol. The molecule has 2 N–H and O–H groups in total. The third-order valence-electron chi connectivity index (χ3n) is 2.51. The van der Waals surface area contributed by atoms with Gasteiger partial charge in [0.05, 0.1) is 5.52 Å². The molecule has 0 aliphatic carbocycles. The fourth-order valence-corrected chi connectivity index (χ4v) is 2.12. The second-order valence-corrected chi connectivity index (χ2v) is 4.90. The van der Waals surface area contributed by atoms with Crippen LogP contribution >= 0.6 is 22.6 Å². The van der Waals surface area contributed by atoms with Crippen LogP contribution in [0, 0.1) is 10.5 Å². The summed E-state index contributed by atoms with van der Waals surface area (Å²) in [5.41, 5.74) is 5.21. The number of anilines is 1. The number of benzene rings is 1. The van der Waals surface area contributed by atoms with Crippen LogP contribution in [0.1, 0.15) is 11.3 Å². The number of nitrogens with two attached hydrogens (primary N) is 1. The molecule has 0 saturated carbocycles. The van der Waals surface area contributed by atoms with E-state index in [2.05, 4.69) is 27.6 Å². The molecule has 0 bridgehead atoms. The quantitative estimate of drug-likeness (QED) is 0.734. The molecule has 0 radical (unpaired) electrons. The SMILES string of the molecule is Cc1c(C(F)(F)F)nc2ccc(I)cc2c1N. The molecule has 17 heavy (non-hydrogen) atoms. The molecule has 0 fully saturated rings. The van der Waals surface area contributed by atoms with Gasteiger partial charge < -0.3 is 5.73 Å². The average molecular weight is 352 g/mol. The Morgan fingerprint density at radius 2 is 1.94 bits per heavy atom. The summed E-state index contributed by atoms with van der Waals surface area (Å²) in [7, 11) is 0. The predicted octanol–water partition coefficient (Wildman–Crippen LogP) is 3.75. The van der Waals surface area contributed by atoms with Crippen LogP contribution in [-0.4, -0.2) is 4.98 Å². The largest absolute Gasteiger partial charge is 0.433 e. The number of nitrogens with zero attached hydrogens (tertiary/aromatic N) is 1. The van der Waals surface area contributed by atoms with Crippen molar-refractivity contribution >= 4 is 39.2 Å². The monoisotopic (exact) mass is 352 g/mol. The molecular formula is C11H8F3IN2.